The third kappa shape index (κ3) is 8.74. The highest BCUT2D eigenvalue weighted by molar-refractivity contribution is 5.86. The normalized spacial score (nSPS) is 10.3. The van der Waals surface area contributed by atoms with E-state index in [1.165, 1.54) is 19.3 Å². The largest absolute Gasteiger partial charge is 0.497 e. The van der Waals surface area contributed by atoms with Crippen LogP contribution >= 0.6 is 0 Å². The van der Waals surface area contributed by atoms with Crippen LogP contribution in [0.2, 0.25) is 0 Å². The van der Waals surface area contributed by atoms with Crippen molar-refractivity contribution >= 4 is 11.4 Å². The Kier molecular flexibility index (Phi) is 13.5. The average Bonchev–Trinajstić information content (AvgIpc) is 2.67. The Morgan fingerprint density at radius 3 is 2.22 bits per heavy atom. The molecule has 2 aromatic rings. The summed E-state index contributed by atoms with van der Waals surface area (Å²) in [6.45, 7) is 11.1. The van der Waals surface area contributed by atoms with Crippen molar-refractivity contribution in [2.75, 3.05) is 19.4 Å². The molecule has 150 valence electrons. The monoisotopic (exact) mass is 371 g/mol. The number of hydrogen-bond acceptors (Lipinski definition) is 4. The van der Waals surface area contributed by atoms with Crippen molar-refractivity contribution in [3.63, 3.8) is 0 Å². The topological polar surface area (TPSA) is 74.2 Å². The number of methoxy groups -OCH3 is 1. The van der Waals surface area contributed by atoms with E-state index in [-0.39, 0.29) is 0 Å². The molecule has 0 fully saturated rings. The van der Waals surface area contributed by atoms with Crippen LogP contribution in [0.25, 0.3) is 5.57 Å². The molecule has 0 saturated carbocycles. The molecule has 4 heteroatoms. The van der Waals surface area contributed by atoms with Crippen molar-refractivity contribution in [2.45, 2.75) is 53.9 Å². The van der Waals surface area contributed by atoms with Crippen molar-refractivity contribution in [3.8, 4) is 5.75 Å². The number of rotatable bonds is 5. The number of aryl methyl sites for hydroxylation is 1. The van der Waals surface area contributed by atoms with Crippen LogP contribution in [0.4, 0.5) is 5.82 Å². The summed E-state index contributed by atoms with van der Waals surface area (Å²) in [5.41, 5.74) is 15.1. The van der Waals surface area contributed by atoms with Crippen LogP contribution in [0.5, 0.6) is 5.75 Å². The van der Waals surface area contributed by atoms with E-state index in [2.05, 4.69) is 24.9 Å². The van der Waals surface area contributed by atoms with Crippen molar-refractivity contribution < 1.29 is 4.74 Å². The maximum atomic E-state index is 6.02. The molecule has 0 radical (unpaired) electrons. The predicted molar refractivity (Wildman–Crippen MR) is 119 cm³/mol. The Morgan fingerprint density at radius 1 is 1.15 bits per heavy atom. The molecule has 0 bridgehead atoms. The first-order valence-electron chi connectivity index (χ1n) is 9.72. The molecule has 0 atom stereocenters. The lowest BCUT2D eigenvalue weighted by atomic mass is 9.95. The molecular formula is C23H37N3O. The molecule has 0 aliphatic heterocycles. The fourth-order valence-electron chi connectivity index (χ4n) is 2.53. The number of benzene rings is 1. The number of pyridine rings is 1. The predicted octanol–water partition coefficient (Wildman–Crippen LogP) is 5.59. The van der Waals surface area contributed by atoms with Crippen LogP contribution in [0, 0.1) is 6.92 Å². The molecule has 1 heterocycles. The summed E-state index contributed by atoms with van der Waals surface area (Å²) in [5.74, 6) is 1.38. The molecule has 0 spiro atoms. The van der Waals surface area contributed by atoms with Crippen molar-refractivity contribution in [1.82, 2.24) is 4.98 Å². The SMILES string of the molecule is C/C=C(/c1cccc(OC)c1)c1c(C)ccnc1N.CCCCC.CCN. The van der Waals surface area contributed by atoms with Crippen molar-refractivity contribution in [1.29, 1.82) is 0 Å². The summed E-state index contributed by atoms with van der Waals surface area (Å²) in [6.07, 6.45) is 7.86. The molecule has 0 saturated heterocycles. The minimum Gasteiger partial charge on any atom is -0.497 e. The van der Waals surface area contributed by atoms with Gasteiger partial charge in [0, 0.05) is 11.8 Å². The molecule has 4 nitrogen and oxygen atoms in total. The van der Waals surface area contributed by atoms with Gasteiger partial charge in [-0.1, -0.05) is 58.2 Å². The van der Waals surface area contributed by atoms with Gasteiger partial charge in [0.25, 0.3) is 0 Å². The van der Waals surface area contributed by atoms with Crippen LogP contribution in [-0.2, 0) is 0 Å². The van der Waals surface area contributed by atoms with Crippen LogP contribution in [0.1, 0.15) is 63.6 Å². The van der Waals surface area contributed by atoms with Gasteiger partial charge in [-0.3, -0.25) is 0 Å². The summed E-state index contributed by atoms with van der Waals surface area (Å²) in [6, 6.07) is 9.91. The van der Waals surface area contributed by atoms with Gasteiger partial charge in [-0.05, 0) is 55.3 Å². The Hall–Kier alpha value is -2.33. The minimum absolute atomic E-state index is 0.552. The third-order valence-electron chi connectivity index (χ3n) is 3.83. The summed E-state index contributed by atoms with van der Waals surface area (Å²) in [4.78, 5) is 4.18. The van der Waals surface area contributed by atoms with E-state index in [9.17, 15) is 0 Å². The van der Waals surface area contributed by atoms with Gasteiger partial charge in [-0.15, -0.1) is 0 Å². The zero-order chi connectivity index (χ0) is 20.7. The maximum absolute atomic E-state index is 6.02. The quantitative estimate of drug-likeness (QED) is 0.718. The van der Waals surface area contributed by atoms with E-state index < -0.39 is 0 Å². The van der Waals surface area contributed by atoms with Gasteiger partial charge < -0.3 is 16.2 Å². The first kappa shape index (κ1) is 24.7. The first-order valence-corrected chi connectivity index (χ1v) is 9.72. The first-order chi connectivity index (χ1) is 13.0. The molecule has 4 N–H and O–H groups in total. The number of anilines is 1. The van der Waals surface area contributed by atoms with E-state index >= 15 is 0 Å². The van der Waals surface area contributed by atoms with Gasteiger partial charge in [0.1, 0.15) is 11.6 Å². The highest BCUT2D eigenvalue weighted by Crippen LogP contribution is 2.31. The van der Waals surface area contributed by atoms with Crippen molar-refractivity contribution in [3.05, 3.63) is 59.3 Å². The number of unbranched alkanes of at least 4 members (excludes halogenated alkanes) is 2. The lowest BCUT2D eigenvalue weighted by Gasteiger charge is -2.13. The summed E-state index contributed by atoms with van der Waals surface area (Å²) in [7, 11) is 1.66. The Labute approximate surface area is 165 Å². The third-order valence-corrected chi connectivity index (χ3v) is 3.83. The molecule has 1 aromatic heterocycles. The number of aromatic nitrogens is 1. The number of nitrogen functional groups attached to an aromatic ring is 1. The Morgan fingerprint density at radius 2 is 1.78 bits per heavy atom. The van der Waals surface area contributed by atoms with E-state index in [0.717, 1.165) is 34.6 Å². The van der Waals surface area contributed by atoms with E-state index in [1.807, 2.05) is 51.1 Å². The second kappa shape index (κ2) is 14.8. The molecule has 27 heavy (non-hydrogen) atoms. The number of allylic oxidation sites excluding steroid dienone is 1. The van der Waals surface area contributed by atoms with Gasteiger partial charge >= 0.3 is 0 Å². The molecule has 0 aliphatic rings. The minimum atomic E-state index is 0.552. The fraction of sp³-hybridized carbons (Fsp3) is 0.435. The lowest BCUT2D eigenvalue weighted by molar-refractivity contribution is 0.414. The highest BCUT2D eigenvalue weighted by Gasteiger charge is 2.12. The smallest absolute Gasteiger partial charge is 0.131 e. The molecule has 0 aliphatic carbocycles. The number of hydrogen-bond donors (Lipinski definition) is 2. The summed E-state index contributed by atoms with van der Waals surface area (Å²) >= 11 is 0. The summed E-state index contributed by atoms with van der Waals surface area (Å²) < 4.78 is 5.27. The fourth-order valence-corrected chi connectivity index (χ4v) is 2.53. The van der Waals surface area contributed by atoms with Crippen LogP contribution < -0.4 is 16.2 Å². The van der Waals surface area contributed by atoms with E-state index in [0.29, 0.717) is 5.82 Å². The van der Waals surface area contributed by atoms with Crippen LogP contribution in [0.3, 0.4) is 0 Å². The highest BCUT2D eigenvalue weighted by atomic mass is 16.5. The van der Waals surface area contributed by atoms with Gasteiger partial charge in [0.15, 0.2) is 0 Å². The standard InChI is InChI=1S/C16H18N2O.C5H12.C2H7N/c1-4-14(12-6-5-7-13(10-12)19-3)15-11(2)8-9-18-16(15)17;1-3-5-4-2;1-2-3/h4-10H,1-3H3,(H2,17,18);3-5H2,1-2H3;2-3H2,1H3/b14-4-;;. The molecule has 2 rings (SSSR count). The van der Waals surface area contributed by atoms with Gasteiger partial charge in [0.2, 0.25) is 0 Å². The van der Waals surface area contributed by atoms with Crippen molar-refractivity contribution in [2.24, 2.45) is 5.73 Å². The molecule has 1 aromatic carbocycles. The second-order valence-electron chi connectivity index (χ2n) is 6.08. The number of nitrogens with two attached hydrogens (primary N) is 2. The van der Waals surface area contributed by atoms with Crippen LogP contribution in [0.15, 0.2) is 42.6 Å². The number of ether oxygens (including phenoxy) is 1. The van der Waals surface area contributed by atoms with Crippen LogP contribution in [-0.4, -0.2) is 18.6 Å². The Balaban J connectivity index is 0.000000719. The van der Waals surface area contributed by atoms with E-state index in [1.54, 1.807) is 13.3 Å². The Bertz CT molecular complexity index is 659. The molecule has 0 unspecified atom stereocenters. The second-order valence-corrected chi connectivity index (χ2v) is 6.08. The molecule has 0 amide bonds. The lowest BCUT2D eigenvalue weighted by Crippen LogP contribution is -2.01. The summed E-state index contributed by atoms with van der Waals surface area (Å²) in [5, 5.41) is 0. The van der Waals surface area contributed by atoms with Gasteiger partial charge in [-0.25, -0.2) is 4.98 Å². The van der Waals surface area contributed by atoms with E-state index in [4.69, 9.17) is 16.2 Å². The maximum Gasteiger partial charge on any atom is 0.131 e. The average molecular weight is 372 g/mol. The molecular weight excluding hydrogens is 334 g/mol. The van der Waals surface area contributed by atoms with Gasteiger partial charge in [-0.2, -0.15) is 0 Å². The number of nitrogens with zero attached hydrogens (tertiary/aromatic N) is 1. The van der Waals surface area contributed by atoms with Gasteiger partial charge in [0.05, 0.1) is 7.11 Å². The zero-order valence-corrected chi connectivity index (χ0v) is 17.9. The zero-order valence-electron chi connectivity index (χ0n) is 17.9.